The molecule has 0 aromatic heterocycles. The molecule has 6 nitrogen and oxygen atoms in total. The lowest BCUT2D eigenvalue weighted by atomic mass is 9.58. The maximum atomic E-state index is 14.3. The third-order valence-corrected chi connectivity index (χ3v) is 7.96. The molecule has 6 heteroatoms. The second kappa shape index (κ2) is 13.7. The maximum Gasteiger partial charge on any atom is 0.231 e. The zero-order valence-corrected chi connectivity index (χ0v) is 23.2. The number of hydrogen-bond donors (Lipinski definition) is 3. The van der Waals surface area contributed by atoms with E-state index >= 15 is 0 Å². The Hall–Kier alpha value is -2.96. The molecule has 4 atom stereocenters. The lowest BCUT2D eigenvalue weighted by Gasteiger charge is -2.49. The molecule has 0 saturated carbocycles. The van der Waals surface area contributed by atoms with Crippen molar-refractivity contribution >= 4 is 11.8 Å². The van der Waals surface area contributed by atoms with Gasteiger partial charge in [-0.2, -0.15) is 0 Å². The molecule has 0 saturated heterocycles. The third kappa shape index (κ3) is 6.54. The second-order valence-electron chi connectivity index (χ2n) is 10.7. The number of allylic oxidation sites excluding steroid dienone is 1. The first-order valence-electron chi connectivity index (χ1n) is 14.1. The van der Waals surface area contributed by atoms with Crippen LogP contribution in [-0.2, 0) is 16.0 Å². The van der Waals surface area contributed by atoms with Crippen molar-refractivity contribution in [3.8, 4) is 0 Å². The van der Waals surface area contributed by atoms with Gasteiger partial charge in [0.05, 0.1) is 16.9 Å². The summed E-state index contributed by atoms with van der Waals surface area (Å²) in [6.07, 6.45) is 5.85. The van der Waals surface area contributed by atoms with Crippen LogP contribution in [0.5, 0.6) is 0 Å². The molecule has 38 heavy (non-hydrogen) atoms. The number of hydrogen-bond acceptors (Lipinski definition) is 4. The average Bonchev–Trinajstić information content (AvgIpc) is 2.93. The van der Waals surface area contributed by atoms with E-state index in [-0.39, 0.29) is 18.4 Å². The van der Waals surface area contributed by atoms with E-state index in [0.717, 1.165) is 18.4 Å². The van der Waals surface area contributed by atoms with Crippen molar-refractivity contribution in [1.82, 2.24) is 10.2 Å². The molecule has 2 aromatic carbocycles. The quantitative estimate of drug-likeness (QED) is 0.247. The van der Waals surface area contributed by atoms with Crippen LogP contribution < -0.4 is 11.1 Å². The molecule has 4 N–H and O–H groups in total. The highest BCUT2D eigenvalue weighted by Crippen LogP contribution is 2.48. The summed E-state index contributed by atoms with van der Waals surface area (Å²) < 4.78 is 0. The Bertz CT molecular complexity index is 1050. The number of nitrogens with one attached hydrogen (secondary N) is 1. The third-order valence-electron chi connectivity index (χ3n) is 7.96. The number of amides is 2. The highest BCUT2D eigenvalue weighted by Gasteiger charge is 2.58. The molecular formula is C32H45N3O3. The molecular weight excluding hydrogens is 474 g/mol. The number of aliphatic hydroxyl groups is 1. The molecule has 2 amide bonds. The fourth-order valence-corrected chi connectivity index (χ4v) is 5.87. The predicted octanol–water partition coefficient (Wildman–Crippen LogP) is 4.79. The first-order valence-corrected chi connectivity index (χ1v) is 14.1. The van der Waals surface area contributed by atoms with Crippen molar-refractivity contribution in [2.75, 3.05) is 19.6 Å². The Morgan fingerprint density at radius 1 is 1.05 bits per heavy atom. The molecule has 1 unspecified atom stereocenters. The molecule has 0 fully saturated rings. The summed E-state index contributed by atoms with van der Waals surface area (Å²) in [5.74, 6) is -0.678. The SMILES string of the molecule is CCCN(CCC)C(=O)C1(CCCN[C@@H](C)c2ccccc2)CC=C[C@](Cc2ccccc2)(C(N)=O)[C@@H]1O. The minimum atomic E-state index is -1.36. The number of primary amides is 1. The van der Waals surface area contributed by atoms with Crippen LogP contribution in [0.2, 0.25) is 0 Å². The van der Waals surface area contributed by atoms with Crippen molar-refractivity contribution in [1.29, 1.82) is 0 Å². The van der Waals surface area contributed by atoms with E-state index in [1.807, 2.05) is 59.5 Å². The average molecular weight is 520 g/mol. The normalized spacial score (nSPS) is 23.6. The molecule has 0 bridgehead atoms. The van der Waals surface area contributed by atoms with Crippen LogP contribution in [0.25, 0.3) is 0 Å². The largest absolute Gasteiger partial charge is 0.391 e. The summed E-state index contributed by atoms with van der Waals surface area (Å²) in [6, 6.07) is 20.0. The molecule has 0 heterocycles. The number of aliphatic hydroxyl groups excluding tert-OH is 1. The van der Waals surface area contributed by atoms with Crippen molar-refractivity contribution in [3.05, 3.63) is 83.9 Å². The Morgan fingerprint density at radius 2 is 1.66 bits per heavy atom. The van der Waals surface area contributed by atoms with Gasteiger partial charge in [-0.05, 0) is 63.1 Å². The van der Waals surface area contributed by atoms with Crippen LogP contribution in [0, 0.1) is 10.8 Å². The van der Waals surface area contributed by atoms with Crippen molar-refractivity contribution in [2.45, 2.75) is 71.4 Å². The lowest BCUT2D eigenvalue weighted by molar-refractivity contribution is -0.162. The highest BCUT2D eigenvalue weighted by molar-refractivity contribution is 5.89. The lowest BCUT2D eigenvalue weighted by Crippen LogP contribution is -2.61. The first-order chi connectivity index (χ1) is 18.3. The van der Waals surface area contributed by atoms with Gasteiger partial charge in [-0.1, -0.05) is 86.7 Å². The van der Waals surface area contributed by atoms with E-state index in [0.29, 0.717) is 38.9 Å². The molecule has 206 valence electrons. The summed E-state index contributed by atoms with van der Waals surface area (Å²) in [6.45, 7) is 8.16. The predicted molar refractivity (Wildman–Crippen MR) is 153 cm³/mol. The van der Waals surface area contributed by atoms with E-state index < -0.39 is 22.8 Å². The summed E-state index contributed by atoms with van der Waals surface area (Å²) in [4.78, 5) is 29.2. The minimum Gasteiger partial charge on any atom is -0.391 e. The van der Waals surface area contributed by atoms with E-state index in [9.17, 15) is 14.7 Å². The number of rotatable bonds is 14. The van der Waals surface area contributed by atoms with E-state index in [1.165, 1.54) is 5.56 Å². The van der Waals surface area contributed by atoms with Gasteiger partial charge < -0.3 is 21.1 Å². The zero-order valence-electron chi connectivity index (χ0n) is 23.2. The highest BCUT2D eigenvalue weighted by atomic mass is 16.3. The summed E-state index contributed by atoms with van der Waals surface area (Å²) in [5.41, 5.74) is 5.64. The van der Waals surface area contributed by atoms with E-state index in [4.69, 9.17) is 5.73 Å². The van der Waals surface area contributed by atoms with Crippen molar-refractivity contribution in [3.63, 3.8) is 0 Å². The first kappa shape index (κ1) is 29.6. The van der Waals surface area contributed by atoms with E-state index in [1.54, 1.807) is 6.08 Å². The molecule has 1 aliphatic carbocycles. The Kier molecular flexibility index (Phi) is 10.7. The van der Waals surface area contributed by atoms with Gasteiger partial charge in [0.15, 0.2) is 0 Å². The molecule has 1 aliphatic rings. The van der Waals surface area contributed by atoms with Gasteiger partial charge in [0.25, 0.3) is 0 Å². The number of nitrogens with zero attached hydrogens (tertiary/aromatic N) is 1. The number of benzene rings is 2. The van der Waals surface area contributed by atoms with Gasteiger partial charge in [-0.15, -0.1) is 0 Å². The Labute approximate surface area is 228 Å². The molecule has 2 aromatic rings. The van der Waals surface area contributed by atoms with E-state index in [2.05, 4.69) is 38.2 Å². The minimum absolute atomic E-state index is 0.0761. The second-order valence-corrected chi connectivity index (χ2v) is 10.7. The van der Waals surface area contributed by atoms with Crippen LogP contribution in [0.3, 0.4) is 0 Å². The van der Waals surface area contributed by atoms with Gasteiger partial charge >= 0.3 is 0 Å². The van der Waals surface area contributed by atoms with Crippen LogP contribution in [0.4, 0.5) is 0 Å². The summed E-state index contributed by atoms with van der Waals surface area (Å²) in [5, 5.41) is 15.6. The van der Waals surface area contributed by atoms with Crippen LogP contribution >= 0.6 is 0 Å². The van der Waals surface area contributed by atoms with Gasteiger partial charge in [0, 0.05) is 19.1 Å². The number of nitrogens with two attached hydrogens (primary N) is 1. The molecule has 0 spiro atoms. The topological polar surface area (TPSA) is 95.7 Å². The standard InChI is InChI=1S/C32H45N3O3/c1-4-22-35(23-5-2)30(38)31(20-13-21-34-25(3)27-16-10-7-11-17-27)18-12-19-32(28(31)36,29(33)37)24-26-14-8-6-9-15-26/h6-12,14-17,19,25,28,34,36H,4-5,13,18,20-24H2,1-3H3,(H2,33,37)/t25-,28+,31?,32+/m0/s1. The molecule has 0 radical (unpaired) electrons. The summed E-state index contributed by atoms with van der Waals surface area (Å²) in [7, 11) is 0. The van der Waals surface area contributed by atoms with Crippen LogP contribution in [0.1, 0.15) is 70.0 Å². The van der Waals surface area contributed by atoms with Gasteiger partial charge in [-0.3, -0.25) is 9.59 Å². The Balaban J connectivity index is 1.91. The van der Waals surface area contributed by atoms with Gasteiger partial charge in [0.1, 0.15) is 0 Å². The number of carbonyl (C=O) groups is 2. The fourth-order valence-electron chi connectivity index (χ4n) is 5.87. The van der Waals surface area contributed by atoms with Crippen LogP contribution in [0.15, 0.2) is 72.8 Å². The van der Waals surface area contributed by atoms with Gasteiger partial charge in [0.2, 0.25) is 11.8 Å². The smallest absolute Gasteiger partial charge is 0.231 e. The monoisotopic (exact) mass is 519 g/mol. The summed E-state index contributed by atoms with van der Waals surface area (Å²) >= 11 is 0. The van der Waals surface area contributed by atoms with Crippen molar-refractivity contribution in [2.24, 2.45) is 16.6 Å². The maximum absolute atomic E-state index is 14.3. The van der Waals surface area contributed by atoms with Gasteiger partial charge in [-0.25, -0.2) is 0 Å². The fraction of sp³-hybridized carbons (Fsp3) is 0.500. The molecule has 3 rings (SSSR count). The Morgan fingerprint density at radius 3 is 2.24 bits per heavy atom. The van der Waals surface area contributed by atoms with Crippen LogP contribution in [-0.4, -0.2) is 47.6 Å². The van der Waals surface area contributed by atoms with Crippen molar-refractivity contribution < 1.29 is 14.7 Å². The number of carbonyl (C=O) groups excluding carboxylic acids is 2. The molecule has 0 aliphatic heterocycles. The zero-order chi connectivity index (χ0) is 27.6.